The molecule has 3 N–H and O–H groups in total. The highest BCUT2D eigenvalue weighted by atomic mass is 16.3. The van der Waals surface area contributed by atoms with Crippen LogP contribution in [0, 0.1) is 6.92 Å². The summed E-state index contributed by atoms with van der Waals surface area (Å²) in [6, 6.07) is 9.75. The molecule has 2 heterocycles. The summed E-state index contributed by atoms with van der Waals surface area (Å²) in [5.41, 5.74) is 4.35. The maximum absolute atomic E-state index is 13.0. The average Bonchev–Trinajstić information content (AvgIpc) is 2.71. The minimum absolute atomic E-state index is 0.00679. The molecule has 2 aromatic rings. The molecule has 0 bridgehead atoms. The van der Waals surface area contributed by atoms with Crippen LogP contribution in [0.3, 0.4) is 0 Å². The summed E-state index contributed by atoms with van der Waals surface area (Å²) in [5, 5.41) is 23.5. The fraction of sp³-hybridized carbons (Fsp3) is 0.435. The number of benzene rings is 2. The fourth-order valence-electron chi connectivity index (χ4n) is 4.24. The number of phenols is 2. The molecule has 2 aromatic carbocycles. The van der Waals surface area contributed by atoms with Crippen LogP contribution in [0.15, 0.2) is 30.3 Å². The number of piperidine rings is 1. The second-order valence-corrected chi connectivity index (χ2v) is 8.34. The Morgan fingerprint density at radius 3 is 2.55 bits per heavy atom. The summed E-state index contributed by atoms with van der Waals surface area (Å²) < 4.78 is 0. The lowest BCUT2D eigenvalue weighted by atomic mass is 9.97. The quantitative estimate of drug-likeness (QED) is 0.745. The Hall–Kier alpha value is -2.73. The third-order valence-electron chi connectivity index (χ3n) is 6.14. The van der Waals surface area contributed by atoms with Crippen molar-refractivity contribution in [1.82, 2.24) is 9.80 Å². The molecule has 0 radical (unpaired) electrons. The predicted octanol–water partition coefficient (Wildman–Crippen LogP) is 3.11. The van der Waals surface area contributed by atoms with Gasteiger partial charge in [-0.3, -0.25) is 4.79 Å². The molecule has 1 amide bonds. The lowest BCUT2D eigenvalue weighted by Gasteiger charge is -2.32. The third-order valence-corrected chi connectivity index (χ3v) is 6.14. The molecule has 0 aromatic heterocycles. The lowest BCUT2D eigenvalue weighted by Crippen LogP contribution is -2.37. The number of aromatic hydroxyl groups is 2. The number of aryl methyl sites for hydroxylation is 1. The Balaban J connectivity index is 1.49. The molecule has 2 aliphatic rings. The molecule has 6 heteroatoms. The number of fused-ring (bicyclic) bond motifs is 1. The summed E-state index contributed by atoms with van der Waals surface area (Å²) in [6.07, 6.45) is 3.07. The first-order chi connectivity index (χ1) is 13.9. The van der Waals surface area contributed by atoms with Crippen molar-refractivity contribution in [1.29, 1.82) is 0 Å². The number of amides is 1. The van der Waals surface area contributed by atoms with Gasteiger partial charge in [-0.25, -0.2) is 0 Å². The summed E-state index contributed by atoms with van der Waals surface area (Å²) >= 11 is 0. The molecule has 0 aliphatic carbocycles. The van der Waals surface area contributed by atoms with Crippen LogP contribution in [0.25, 0.3) is 0 Å². The van der Waals surface area contributed by atoms with E-state index in [0.29, 0.717) is 24.7 Å². The highest BCUT2D eigenvalue weighted by Gasteiger charge is 2.25. The summed E-state index contributed by atoms with van der Waals surface area (Å²) in [5.74, 6) is -0.390. The van der Waals surface area contributed by atoms with Crippen LogP contribution in [-0.2, 0) is 13.0 Å². The zero-order valence-corrected chi connectivity index (χ0v) is 17.1. The number of hydrogen-bond donors (Lipinski definition) is 3. The molecule has 4 rings (SSSR count). The number of nitrogens with one attached hydrogen (secondary N) is 1. The smallest absolute Gasteiger partial charge is 0.257 e. The molecule has 154 valence electrons. The van der Waals surface area contributed by atoms with Crippen molar-refractivity contribution < 1.29 is 15.0 Å². The molecular weight excluding hydrogens is 366 g/mol. The van der Waals surface area contributed by atoms with E-state index in [0.717, 1.165) is 43.6 Å². The number of hydrogen-bond acceptors (Lipinski definition) is 5. The van der Waals surface area contributed by atoms with Crippen LogP contribution >= 0.6 is 0 Å². The fourth-order valence-corrected chi connectivity index (χ4v) is 4.24. The van der Waals surface area contributed by atoms with Crippen molar-refractivity contribution in [2.45, 2.75) is 38.8 Å². The van der Waals surface area contributed by atoms with E-state index in [1.807, 2.05) is 0 Å². The lowest BCUT2D eigenvalue weighted by molar-refractivity contribution is 0.0731. The van der Waals surface area contributed by atoms with E-state index in [9.17, 15) is 15.0 Å². The second kappa shape index (κ2) is 7.95. The molecule has 0 saturated carbocycles. The molecule has 1 saturated heterocycles. The predicted molar refractivity (Wildman–Crippen MR) is 114 cm³/mol. The number of anilines is 1. The van der Waals surface area contributed by atoms with Gasteiger partial charge in [0.1, 0.15) is 11.5 Å². The minimum atomic E-state index is -0.204. The largest absolute Gasteiger partial charge is 0.508 e. The van der Waals surface area contributed by atoms with Crippen LogP contribution in [0.5, 0.6) is 11.5 Å². The Bertz CT molecular complexity index is 920. The number of nitrogens with zero attached hydrogens (tertiary/aromatic N) is 2. The number of rotatable bonds is 3. The Kier molecular flexibility index (Phi) is 5.37. The van der Waals surface area contributed by atoms with E-state index >= 15 is 0 Å². The summed E-state index contributed by atoms with van der Waals surface area (Å²) in [6.45, 7) is 5.09. The molecule has 0 atom stereocenters. The molecule has 2 aliphatic heterocycles. The molecule has 6 nitrogen and oxygen atoms in total. The maximum atomic E-state index is 13.0. The molecule has 1 fully saturated rings. The Morgan fingerprint density at radius 2 is 1.79 bits per heavy atom. The van der Waals surface area contributed by atoms with Crippen LogP contribution in [-0.4, -0.2) is 58.6 Å². The first-order valence-electron chi connectivity index (χ1n) is 10.3. The Morgan fingerprint density at radius 1 is 1.03 bits per heavy atom. The van der Waals surface area contributed by atoms with Gasteiger partial charge in [0.25, 0.3) is 5.91 Å². The average molecular weight is 396 g/mol. The highest BCUT2D eigenvalue weighted by Crippen LogP contribution is 2.30. The van der Waals surface area contributed by atoms with Crippen molar-refractivity contribution in [3.63, 3.8) is 0 Å². The van der Waals surface area contributed by atoms with E-state index < -0.39 is 0 Å². The van der Waals surface area contributed by atoms with Crippen LogP contribution in [0.1, 0.15) is 39.9 Å². The summed E-state index contributed by atoms with van der Waals surface area (Å²) in [4.78, 5) is 17.1. The first kappa shape index (κ1) is 19.6. The van der Waals surface area contributed by atoms with Crippen molar-refractivity contribution in [3.8, 4) is 11.5 Å². The van der Waals surface area contributed by atoms with Gasteiger partial charge in [0, 0.05) is 30.9 Å². The SMILES string of the molecule is Cc1cc(C(=O)N2CCc3ccc(NC4CCN(C)CC4)cc3C2)c(O)cc1O. The minimum Gasteiger partial charge on any atom is -0.508 e. The van der Waals surface area contributed by atoms with Gasteiger partial charge in [-0.05, 0) is 81.2 Å². The van der Waals surface area contributed by atoms with Crippen LogP contribution < -0.4 is 5.32 Å². The molecular formula is C23H29N3O3. The number of phenolic OH excluding ortho intramolecular Hbond substituents is 2. The topological polar surface area (TPSA) is 76.0 Å². The standard InChI is InChI=1S/C23H29N3O3/c1-15-11-20(22(28)13-21(15)27)23(29)26-10-5-16-3-4-19(12-17(16)14-26)24-18-6-8-25(2)9-7-18/h3-4,11-13,18,24,27-28H,5-10,14H2,1-2H3. The van der Waals surface area contributed by atoms with E-state index in [-0.39, 0.29) is 23.0 Å². The van der Waals surface area contributed by atoms with Gasteiger partial charge in [0.15, 0.2) is 0 Å². The van der Waals surface area contributed by atoms with E-state index in [4.69, 9.17) is 0 Å². The van der Waals surface area contributed by atoms with Crippen LogP contribution in [0.2, 0.25) is 0 Å². The maximum Gasteiger partial charge on any atom is 0.257 e. The molecule has 0 unspecified atom stereocenters. The number of carbonyl (C=O) groups is 1. The van der Waals surface area contributed by atoms with Crippen LogP contribution in [0.4, 0.5) is 5.69 Å². The second-order valence-electron chi connectivity index (χ2n) is 8.34. The van der Waals surface area contributed by atoms with E-state index in [1.165, 1.54) is 11.6 Å². The summed E-state index contributed by atoms with van der Waals surface area (Å²) in [7, 11) is 2.16. The number of likely N-dealkylation sites (tertiary alicyclic amines) is 1. The van der Waals surface area contributed by atoms with Crippen molar-refractivity contribution in [3.05, 3.63) is 52.6 Å². The van der Waals surface area contributed by atoms with Gasteiger partial charge in [0.2, 0.25) is 0 Å². The normalized spacial score (nSPS) is 17.8. The zero-order valence-electron chi connectivity index (χ0n) is 17.1. The van der Waals surface area contributed by atoms with Gasteiger partial charge in [-0.15, -0.1) is 0 Å². The first-order valence-corrected chi connectivity index (χ1v) is 10.3. The third kappa shape index (κ3) is 4.17. The van der Waals surface area contributed by atoms with Crippen molar-refractivity contribution in [2.75, 3.05) is 32.0 Å². The zero-order chi connectivity index (χ0) is 20.5. The highest BCUT2D eigenvalue weighted by molar-refractivity contribution is 5.97. The van der Waals surface area contributed by atoms with Gasteiger partial charge >= 0.3 is 0 Å². The Labute approximate surface area is 171 Å². The van der Waals surface area contributed by atoms with E-state index in [1.54, 1.807) is 17.9 Å². The van der Waals surface area contributed by atoms with Crippen molar-refractivity contribution >= 4 is 11.6 Å². The van der Waals surface area contributed by atoms with Gasteiger partial charge in [-0.1, -0.05) is 6.07 Å². The monoisotopic (exact) mass is 395 g/mol. The van der Waals surface area contributed by atoms with Gasteiger partial charge in [-0.2, -0.15) is 0 Å². The molecule has 0 spiro atoms. The van der Waals surface area contributed by atoms with Gasteiger partial charge in [0.05, 0.1) is 5.56 Å². The van der Waals surface area contributed by atoms with E-state index in [2.05, 4.69) is 35.5 Å². The van der Waals surface area contributed by atoms with Gasteiger partial charge < -0.3 is 25.3 Å². The molecule has 29 heavy (non-hydrogen) atoms. The van der Waals surface area contributed by atoms with Crippen molar-refractivity contribution in [2.24, 2.45) is 0 Å². The number of carbonyl (C=O) groups excluding carboxylic acids is 1.